The molecule has 0 fully saturated rings. The first kappa shape index (κ1) is 30.1. The lowest BCUT2D eigenvalue weighted by Gasteiger charge is -2.36. The number of benzene rings is 1. The van der Waals surface area contributed by atoms with E-state index in [0.717, 1.165) is 30.2 Å². The zero-order valence-electron chi connectivity index (χ0n) is 21.5. The Bertz CT molecular complexity index is 1040. The molecular formula is C25H36BrN3O5SSi. The van der Waals surface area contributed by atoms with Crippen LogP contribution in [0.3, 0.4) is 0 Å². The van der Waals surface area contributed by atoms with Crippen LogP contribution in [0.2, 0.25) is 18.1 Å². The quantitative estimate of drug-likeness (QED) is 0.150. The van der Waals surface area contributed by atoms with E-state index in [1.807, 2.05) is 25.2 Å². The molecule has 0 saturated carbocycles. The molecule has 11 heteroatoms. The molecule has 1 heterocycles. The fourth-order valence-corrected chi connectivity index (χ4v) is 5.12. The number of hydrogen-bond donors (Lipinski definition) is 3. The summed E-state index contributed by atoms with van der Waals surface area (Å²) < 4.78 is 5.99. The number of hydrogen-bond acceptors (Lipinski definition) is 6. The Kier molecular flexibility index (Phi) is 11.3. The van der Waals surface area contributed by atoms with Crippen LogP contribution >= 0.6 is 27.3 Å². The summed E-state index contributed by atoms with van der Waals surface area (Å²) in [4.78, 5) is 40.9. The van der Waals surface area contributed by atoms with E-state index in [4.69, 9.17) is 4.43 Å². The smallest absolute Gasteiger partial charge is 0.328 e. The molecule has 3 N–H and O–H groups in total. The van der Waals surface area contributed by atoms with Gasteiger partial charge in [0.15, 0.2) is 8.32 Å². The number of amides is 2. The lowest BCUT2D eigenvalue weighted by molar-refractivity contribution is -0.140. The van der Waals surface area contributed by atoms with Crippen molar-refractivity contribution >= 4 is 59.1 Å². The zero-order valence-corrected chi connectivity index (χ0v) is 24.9. The molecule has 0 aliphatic heterocycles. The molecule has 2 rings (SSSR count). The van der Waals surface area contributed by atoms with Crippen molar-refractivity contribution in [3.63, 3.8) is 0 Å². The number of halogens is 1. The highest BCUT2D eigenvalue weighted by molar-refractivity contribution is 9.09. The van der Waals surface area contributed by atoms with Gasteiger partial charge in [-0.15, -0.1) is 11.3 Å². The van der Waals surface area contributed by atoms with Gasteiger partial charge in [-0.3, -0.25) is 9.59 Å². The number of aliphatic carboxylic acids is 1. The molecule has 1 aromatic carbocycles. The second kappa shape index (κ2) is 13.5. The van der Waals surface area contributed by atoms with Crippen LogP contribution < -0.4 is 10.6 Å². The van der Waals surface area contributed by atoms with E-state index in [9.17, 15) is 19.5 Å². The molecule has 1 atom stereocenters. The largest absolute Gasteiger partial charge is 0.480 e. The molecule has 0 aliphatic carbocycles. The van der Waals surface area contributed by atoms with Gasteiger partial charge in [0, 0.05) is 28.4 Å². The third-order valence-electron chi connectivity index (χ3n) is 6.21. The van der Waals surface area contributed by atoms with Crippen LogP contribution in [0.1, 0.15) is 56.9 Å². The van der Waals surface area contributed by atoms with E-state index in [1.165, 1.54) is 11.3 Å². The number of nitrogens with zero attached hydrogens (tertiary/aromatic N) is 1. The van der Waals surface area contributed by atoms with E-state index >= 15 is 0 Å². The number of aromatic nitrogens is 1. The Hall–Kier alpha value is -2.08. The van der Waals surface area contributed by atoms with Gasteiger partial charge >= 0.3 is 5.97 Å². The van der Waals surface area contributed by atoms with Crippen molar-refractivity contribution < 1.29 is 23.9 Å². The molecule has 198 valence electrons. The molecule has 0 unspecified atom stereocenters. The number of anilines is 1. The Labute approximate surface area is 226 Å². The van der Waals surface area contributed by atoms with Crippen LogP contribution in [-0.4, -0.2) is 54.2 Å². The molecule has 0 spiro atoms. The number of rotatable bonds is 13. The Balaban J connectivity index is 1.97. The first-order chi connectivity index (χ1) is 16.8. The van der Waals surface area contributed by atoms with E-state index in [-0.39, 0.29) is 23.2 Å². The second-order valence-electron chi connectivity index (χ2n) is 10.1. The highest BCUT2D eigenvalue weighted by Gasteiger charge is 2.38. The lowest BCUT2D eigenvalue weighted by Crippen LogP contribution is -2.49. The predicted octanol–water partition coefficient (Wildman–Crippen LogP) is 5.91. The standard InChI is InChI=1S/C25H36BrN3O5SSi/c1-25(2,3)36(4,5)34-15-19(24(32)33)28-22(31)20-16-35-23(29-20)17-10-12-18(13-11-17)27-21(30)9-7-6-8-14-26/h10-13,16,19H,6-9,14-15H2,1-5H3,(H,27,30)(H,28,31)(H,32,33)/t19-/m0/s1. The first-order valence-electron chi connectivity index (χ1n) is 11.9. The van der Waals surface area contributed by atoms with Gasteiger partial charge in [-0.25, -0.2) is 9.78 Å². The average Bonchev–Trinajstić information content (AvgIpc) is 3.29. The maximum atomic E-state index is 12.7. The minimum absolute atomic E-state index is 0.0175. The first-order valence-corrected chi connectivity index (χ1v) is 16.8. The van der Waals surface area contributed by atoms with E-state index in [0.29, 0.717) is 17.1 Å². The third kappa shape index (κ3) is 9.09. The van der Waals surface area contributed by atoms with Gasteiger partial charge in [0.05, 0.1) is 6.61 Å². The van der Waals surface area contributed by atoms with Gasteiger partial charge in [0.25, 0.3) is 5.91 Å². The van der Waals surface area contributed by atoms with Crippen molar-refractivity contribution in [1.82, 2.24) is 10.3 Å². The van der Waals surface area contributed by atoms with E-state index in [1.54, 1.807) is 17.5 Å². The summed E-state index contributed by atoms with van der Waals surface area (Å²) in [6, 6.07) is 6.08. The Morgan fingerprint density at radius 1 is 1.14 bits per heavy atom. The number of carboxylic acids is 1. The van der Waals surface area contributed by atoms with Crippen LogP contribution in [-0.2, 0) is 14.0 Å². The van der Waals surface area contributed by atoms with Gasteiger partial charge in [-0.2, -0.15) is 0 Å². The highest BCUT2D eigenvalue weighted by atomic mass is 79.9. The molecule has 1 aromatic heterocycles. The fraction of sp³-hybridized carbons (Fsp3) is 0.520. The number of unbranched alkanes of at least 4 members (excludes halogenated alkanes) is 2. The lowest BCUT2D eigenvalue weighted by atomic mass is 10.2. The van der Waals surface area contributed by atoms with Crippen molar-refractivity contribution in [2.24, 2.45) is 0 Å². The van der Waals surface area contributed by atoms with Gasteiger partial charge < -0.3 is 20.2 Å². The number of carbonyl (C=O) groups excluding carboxylic acids is 2. The number of nitrogens with one attached hydrogen (secondary N) is 2. The zero-order chi connectivity index (χ0) is 26.9. The SMILES string of the molecule is CC(C)(C)[Si](C)(C)OC[C@H](NC(=O)c1csc(-c2ccc(NC(=O)CCCCCBr)cc2)n1)C(=O)O. The minimum Gasteiger partial charge on any atom is -0.480 e. The summed E-state index contributed by atoms with van der Waals surface area (Å²) in [5.41, 5.74) is 1.64. The number of carbonyl (C=O) groups is 3. The molecule has 2 aromatic rings. The van der Waals surface area contributed by atoms with Gasteiger partial charge in [0.2, 0.25) is 5.91 Å². The summed E-state index contributed by atoms with van der Waals surface area (Å²) in [7, 11) is -2.17. The predicted molar refractivity (Wildman–Crippen MR) is 150 cm³/mol. The van der Waals surface area contributed by atoms with Crippen LogP contribution in [0.15, 0.2) is 29.6 Å². The minimum atomic E-state index is -2.17. The maximum absolute atomic E-state index is 12.7. The molecule has 0 radical (unpaired) electrons. The van der Waals surface area contributed by atoms with Crippen molar-refractivity contribution in [3.05, 3.63) is 35.3 Å². The summed E-state index contributed by atoms with van der Waals surface area (Å²) in [6.07, 6.45) is 3.40. The molecule has 36 heavy (non-hydrogen) atoms. The van der Waals surface area contributed by atoms with E-state index in [2.05, 4.69) is 52.3 Å². The normalized spacial score (nSPS) is 12.7. The second-order valence-corrected chi connectivity index (χ2v) is 16.6. The van der Waals surface area contributed by atoms with Crippen molar-refractivity contribution in [1.29, 1.82) is 0 Å². The third-order valence-corrected chi connectivity index (χ3v) is 12.2. The molecule has 0 bridgehead atoms. The fourth-order valence-electron chi connectivity index (χ4n) is 2.90. The van der Waals surface area contributed by atoms with Crippen LogP contribution in [0.25, 0.3) is 10.6 Å². The number of thiazole rings is 1. The highest BCUT2D eigenvalue weighted by Crippen LogP contribution is 2.36. The monoisotopic (exact) mass is 597 g/mol. The summed E-state index contributed by atoms with van der Waals surface area (Å²) in [6.45, 7) is 10.2. The molecular weight excluding hydrogens is 562 g/mol. The van der Waals surface area contributed by atoms with Crippen LogP contribution in [0.5, 0.6) is 0 Å². The Morgan fingerprint density at radius 3 is 2.39 bits per heavy atom. The Morgan fingerprint density at radius 2 is 1.81 bits per heavy atom. The molecule has 0 aliphatic rings. The van der Waals surface area contributed by atoms with Crippen molar-refractivity contribution in [2.45, 2.75) is 70.6 Å². The molecule has 2 amide bonds. The molecule has 0 saturated heterocycles. The number of alkyl halides is 1. The number of carboxylic acid groups (broad SMARTS) is 1. The van der Waals surface area contributed by atoms with Gasteiger partial charge in [-0.05, 0) is 55.2 Å². The van der Waals surface area contributed by atoms with Crippen LogP contribution in [0, 0.1) is 0 Å². The van der Waals surface area contributed by atoms with Gasteiger partial charge in [-0.1, -0.05) is 43.1 Å². The van der Waals surface area contributed by atoms with E-state index < -0.39 is 26.2 Å². The maximum Gasteiger partial charge on any atom is 0.328 e. The van der Waals surface area contributed by atoms with Crippen molar-refractivity contribution in [2.75, 3.05) is 17.3 Å². The topological polar surface area (TPSA) is 118 Å². The van der Waals surface area contributed by atoms with Gasteiger partial charge in [0.1, 0.15) is 16.7 Å². The average molecular weight is 599 g/mol. The summed E-state index contributed by atoms with van der Waals surface area (Å²) >= 11 is 4.67. The van der Waals surface area contributed by atoms with Crippen LogP contribution in [0.4, 0.5) is 5.69 Å². The van der Waals surface area contributed by atoms with Crippen molar-refractivity contribution in [3.8, 4) is 10.6 Å². The summed E-state index contributed by atoms with van der Waals surface area (Å²) in [5.74, 6) is -1.73. The molecule has 8 nitrogen and oxygen atoms in total. The summed E-state index contributed by atoms with van der Waals surface area (Å²) in [5, 5.41) is 18.1.